The molecule has 3 rings (SSSR count). The number of hydrogen-bond donors (Lipinski definition) is 2. The van der Waals surface area contributed by atoms with E-state index in [4.69, 9.17) is 0 Å². The Morgan fingerprint density at radius 1 is 1.31 bits per heavy atom. The smallest absolute Gasteiger partial charge is 0.247 e. The van der Waals surface area contributed by atoms with Gasteiger partial charge in [0.1, 0.15) is 11.9 Å². The number of carbonyl (C=O) groups is 1. The highest BCUT2D eigenvalue weighted by Crippen LogP contribution is 2.39. The lowest BCUT2D eigenvalue weighted by Crippen LogP contribution is -2.40. The van der Waals surface area contributed by atoms with Gasteiger partial charge in [0, 0.05) is 6.07 Å². The maximum atomic E-state index is 13.4. The second kappa shape index (κ2) is 3.58. The fourth-order valence-corrected chi connectivity index (χ4v) is 2.44. The van der Waals surface area contributed by atoms with Crippen molar-refractivity contribution in [2.75, 3.05) is 10.6 Å². The largest absolute Gasteiger partial charge is 0.372 e. The van der Waals surface area contributed by atoms with Crippen LogP contribution in [0, 0.1) is 15.3 Å². The van der Waals surface area contributed by atoms with Crippen molar-refractivity contribution in [1.29, 1.82) is 0 Å². The first-order chi connectivity index (χ1) is 7.65. The topological polar surface area (TPSA) is 41.1 Å². The molecular formula is C11H10FIN2O. The molecule has 2 N–H and O–H groups in total. The van der Waals surface area contributed by atoms with Gasteiger partial charge in [0.2, 0.25) is 5.91 Å². The molecule has 5 heteroatoms. The average Bonchev–Trinajstić information content (AvgIpc) is 3.03. The van der Waals surface area contributed by atoms with E-state index in [1.54, 1.807) is 6.07 Å². The zero-order valence-electron chi connectivity index (χ0n) is 8.39. The molecule has 1 aromatic rings. The highest BCUT2D eigenvalue weighted by molar-refractivity contribution is 14.1. The Balaban J connectivity index is 1.98. The first-order valence-electron chi connectivity index (χ1n) is 5.21. The van der Waals surface area contributed by atoms with Gasteiger partial charge in [-0.1, -0.05) is 0 Å². The standard InChI is InChI=1S/C11H10FIN2O/c12-6-3-8-9(4-7(6)13)15-11(16)10(14-8)5-1-2-5/h3-5,10,14H,1-2H2,(H,15,16). The highest BCUT2D eigenvalue weighted by Gasteiger charge is 2.38. The van der Waals surface area contributed by atoms with Crippen LogP contribution in [0.4, 0.5) is 15.8 Å². The van der Waals surface area contributed by atoms with Gasteiger partial charge in [-0.05, 0) is 47.4 Å². The van der Waals surface area contributed by atoms with Gasteiger partial charge in [-0.3, -0.25) is 4.79 Å². The Morgan fingerprint density at radius 3 is 2.75 bits per heavy atom. The summed E-state index contributed by atoms with van der Waals surface area (Å²) in [6.45, 7) is 0. The van der Waals surface area contributed by atoms with Crippen molar-refractivity contribution in [3.05, 3.63) is 21.5 Å². The fourth-order valence-electron chi connectivity index (χ4n) is 1.97. The highest BCUT2D eigenvalue weighted by atomic mass is 127. The van der Waals surface area contributed by atoms with Crippen LogP contribution in [0.2, 0.25) is 0 Å². The van der Waals surface area contributed by atoms with E-state index in [2.05, 4.69) is 10.6 Å². The van der Waals surface area contributed by atoms with Crippen LogP contribution < -0.4 is 10.6 Å². The molecule has 1 aliphatic carbocycles. The molecular weight excluding hydrogens is 322 g/mol. The minimum Gasteiger partial charge on any atom is -0.372 e. The molecule has 1 unspecified atom stereocenters. The van der Waals surface area contributed by atoms with Crippen LogP contribution in [-0.2, 0) is 4.79 Å². The number of halogens is 2. The van der Waals surface area contributed by atoms with E-state index in [1.807, 2.05) is 22.6 Å². The minimum absolute atomic E-state index is 0.00240. The van der Waals surface area contributed by atoms with Crippen molar-refractivity contribution in [2.45, 2.75) is 18.9 Å². The first-order valence-corrected chi connectivity index (χ1v) is 6.29. The molecule has 1 amide bonds. The molecule has 0 saturated heterocycles. The van der Waals surface area contributed by atoms with Crippen LogP contribution in [0.25, 0.3) is 0 Å². The average molecular weight is 332 g/mol. The van der Waals surface area contributed by atoms with E-state index in [-0.39, 0.29) is 17.8 Å². The lowest BCUT2D eigenvalue weighted by Gasteiger charge is -2.27. The van der Waals surface area contributed by atoms with E-state index in [9.17, 15) is 9.18 Å². The summed E-state index contributed by atoms with van der Waals surface area (Å²) >= 11 is 1.91. The maximum Gasteiger partial charge on any atom is 0.247 e. The molecule has 0 radical (unpaired) electrons. The minimum atomic E-state index is -0.252. The van der Waals surface area contributed by atoms with E-state index in [1.165, 1.54) is 6.07 Å². The summed E-state index contributed by atoms with van der Waals surface area (Å²) in [6, 6.07) is 2.91. The van der Waals surface area contributed by atoms with Gasteiger partial charge in [-0.2, -0.15) is 0 Å². The Bertz CT molecular complexity index is 473. The number of benzene rings is 1. The zero-order chi connectivity index (χ0) is 11.3. The van der Waals surface area contributed by atoms with Crippen molar-refractivity contribution >= 4 is 39.9 Å². The third kappa shape index (κ3) is 1.66. The number of anilines is 2. The van der Waals surface area contributed by atoms with Gasteiger partial charge < -0.3 is 10.6 Å². The van der Waals surface area contributed by atoms with E-state index >= 15 is 0 Å². The summed E-state index contributed by atoms with van der Waals surface area (Å²) in [6.07, 6.45) is 2.15. The number of nitrogens with one attached hydrogen (secondary N) is 2. The molecule has 1 heterocycles. The van der Waals surface area contributed by atoms with Crippen molar-refractivity contribution in [2.24, 2.45) is 5.92 Å². The van der Waals surface area contributed by atoms with Crippen LogP contribution in [0.3, 0.4) is 0 Å². The van der Waals surface area contributed by atoms with Gasteiger partial charge in [0.15, 0.2) is 0 Å². The van der Waals surface area contributed by atoms with Crippen LogP contribution in [0.5, 0.6) is 0 Å². The maximum absolute atomic E-state index is 13.4. The predicted octanol–water partition coefficient (Wildman–Crippen LogP) is 2.57. The summed E-state index contributed by atoms with van der Waals surface area (Å²) in [5, 5.41) is 5.95. The van der Waals surface area contributed by atoms with Gasteiger partial charge >= 0.3 is 0 Å². The van der Waals surface area contributed by atoms with Crippen LogP contribution >= 0.6 is 22.6 Å². The molecule has 1 aliphatic heterocycles. The quantitative estimate of drug-likeness (QED) is 0.776. The van der Waals surface area contributed by atoms with E-state index < -0.39 is 0 Å². The third-order valence-corrected chi connectivity index (χ3v) is 3.83. The lowest BCUT2D eigenvalue weighted by atomic mass is 10.1. The summed E-state index contributed by atoms with van der Waals surface area (Å²) in [4.78, 5) is 11.8. The third-order valence-electron chi connectivity index (χ3n) is 3.01. The predicted molar refractivity (Wildman–Crippen MR) is 67.9 cm³/mol. The van der Waals surface area contributed by atoms with Crippen molar-refractivity contribution < 1.29 is 9.18 Å². The van der Waals surface area contributed by atoms with E-state index in [0.717, 1.165) is 12.8 Å². The number of carbonyl (C=O) groups excluding carboxylic acids is 1. The zero-order valence-corrected chi connectivity index (χ0v) is 10.5. The van der Waals surface area contributed by atoms with Crippen LogP contribution in [-0.4, -0.2) is 11.9 Å². The summed E-state index contributed by atoms with van der Waals surface area (Å²) in [5.74, 6) is 0.158. The molecule has 1 fully saturated rings. The van der Waals surface area contributed by atoms with Crippen LogP contribution in [0.1, 0.15) is 12.8 Å². The van der Waals surface area contributed by atoms with Crippen molar-refractivity contribution in [3.63, 3.8) is 0 Å². The van der Waals surface area contributed by atoms with Crippen LogP contribution in [0.15, 0.2) is 12.1 Å². The van der Waals surface area contributed by atoms with E-state index in [0.29, 0.717) is 20.9 Å². The van der Waals surface area contributed by atoms with Gasteiger partial charge in [-0.25, -0.2) is 4.39 Å². The normalized spacial score (nSPS) is 23.4. The Kier molecular flexibility index (Phi) is 2.31. The first kappa shape index (κ1) is 10.3. The second-order valence-electron chi connectivity index (χ2n) is 4.26. The number of rotatable bonds is 1. The number of fused-ring (bicyclic) bond motifs is 1. The molecule has 16 heavy (non-hydrogen) atoms. The van der Waals surface area contributed by atoms with Gasteiger partial charge in [0.25, 0.3) is 0 Å². The van der Waals surface area contributed by atoms with Gasteiger partial charge in [0.05, 0.1) is 14.9 Å². The molecule has 1 atom stereocenters. The van der Waals surface area contributed by atoms with Crippen molar-refractivity contribution in [3.8, 4) is 0 Å². The Labute approximate surface area is 106 Å². The monoisotopic (exact) mass is 332 g/mol. The van der Waals surface area contributed by atoms with Crippen molar-refractivity contribution in [1.82, 2.24) is 0 Å². The molecule has 2 aliphatic rings. The fraction of sp³-hybridized carbons (Fsp3) is 0.364. The Hall–Kier alpha value is -0.850. The molecule has 84 valence electrons. The molecule has 1 saturated carbocycles. The van der Waals surface area contributed by atoms with Gasteiger partial charge in [-0.15, -0.1) is 0 Å². The summed E-state index contributed by atoms with van der Waals surface area (Å²) in [5.41, 5.74) is 1.36. The summed E-state index contributed by atoms with van der Waals surface area (Å²) in [7, 11) is 0. The molecule has 0 bridgehead atoms. The Morgan fingerprint density at radius 2 is 2.06 bits per heavy atom. The number of amides is 1. The molecule has 0 spiro atoms. The lowest BCUT2D eigenvalue weighted by molar-refractivity contribution is -0.117. The second-order valence-corrected chi connectivity index (χ2v) is 5.42. The summed E-state index contributed by atoms with van der Waals surface area (Å²) < 4.78 is 13.9. The molecule has 3 nitrogen and oxygen atoms in total. The molecule has 0 aromatic heterocycles. The SMILES string of the molecule is O=C1Nc2cc(I)c(F)cc2NC1C1CC1. The number of hydrogen-bond acceptors (Lipinski definition) is 2. The molecule has 1 aromatic carbocycles.